The van der Waals surface area contributed by atoms with Gasteiger partial charge in [-0.2, -0.15) is 0 Å². The standard InChI is InChI=1S/C15H14O2.2C4H6O2/c16-9-15(10-17)13-7-3-1-5-11(13)12-6-2-4-8-14(12)15;2*1-3(2)4(5)6/h1-8,16-17H,9-10H2;2*1H2,2H3,(H,5,6). The van der Waals surface area contributed by atoms with Gasteiger partial charge in [-0.15, -0.1) is 0 Å². The van der Waals surface area contributed by atoms with Crippen LogP contribution in [0.3, 0.4) is 0 Å². The number of carboxylic acid groups (broad SMARTS) is 2. The van der Waals surface area contributed by atoms with Crippen molar-refractivity contribution in [1.29, 1.82) is 0 Å². The summed E-state index contributed by atoms with van der Waals surface area (Å²) in [6.45, 7) is 9.06. The van der Waals surface area contributed by atoms with Crippen molar-refractivity contribution in [3.63, 3.8) is 0 Å². The Hall–Kier alpha value is -3.22. The quantitative estimate of drug-likeness (QED) is 0.588. The molecule has 1 aliphatic carbocycles. The van der Waals surface area contributed by atoms with Crippen LogP contribution >= 0.6 is 0 Å². The van der Waals surface area contributed by atoms with Crippen molar-refractivity contribution in [2.24, 2.45) is 0 Å². The van der Waals surface area contributed by atoms with Gasteiger partial charge in [0, 0.05) is 11.1 Å². The fourth-order valence-corrected chi connectivity index (χ4v) is 2.81. The lowest BCUT2D eigenvalue weighted by Crippen LogP contribution is -2.33. The Kier molecular flexibility index (Phi) is 8.51. The maximum Gasteiger partial charge on any atom is 0.330 e. The fraction of sp³-hybridized carbons (Fsp3) is 0.217. The van der Waals surface area contributed by atoms with Gasteiger partial charge in [0.15, 0.2) is 0 Å². The molecule has 1 aliphatic rings. The maximum absolute atomic E-state index is 9.75. The molecule has 29 heavy (non-hydrogen) atoms. The third-order valence-corrected chi connectivity index (χ3v) is 4.45. The monoisotopic (exact) mass is 398 g/mol. The first-order chi connectivity index (χ1) is 13.6. The predicted octanol–water partition coefficient (Wildman–Crippen LogP) is 3.23. The molecule has 0 radical (unpaired) electrons. The molecule has 154 valence electrons. The van der Waals surface area contributed by atoms with Crippen LogP contribution in [0.1, 0.15) is 25.0 Å². The van der Waals surface area contributed by atoms with E-state index in [1.165, 1.54) is 13.8 Å². The smallest absolute Gasteiger partial charge is 0.330 e. The van der Waals surface area contributed by atoms with E-state index in [0.29, 0.717) is 0 Å². The first kappa shape index (κ1) is 23.8. The molecule has 0 aromatic heterocycles. The van der Waals surface area contributed by atoms with E-state index in [-0.39, 0.29) is 24.4 Å². The van der Waals surface area contributed by atoms with E-state index in [0.717, 1.165) is 22.3 Å². The largest absolute Gasteiger partial charge is 0.478 e. The highest BCUT2D eigenvalue weighted by Crippen LogP contribution is 2.48. The molecule has 0 unspecified atom stereocenters. The number of aliphatic hydroxyl groups excluding tert-OH is 2. The van der Waals surface area contributed by atoms with Crippen molar-refractivity contribution < 1.29 is 30.0 Å². The molecule has 2 aromatic rings. The molecule has 0 saturated carbocycles. The summed E-state index contributed by atoms with van der Waals surface area (Å²) in [4.78, 5) is 19.2. The van der Waals surface area contributed by atoms with Crippen LogP contribution in [0, 0.1) is 0 Å². The van der Waals surface area contributed by atoms with Gasteiger partial charge in [0.1, 0.15) is 0 Å². The van der Waals surface area contributed by atoms with E-state index in [1.54, 1.807) is 0 Å². The second kappa shape index (κ2) is 10.4. The van der Waals surface area contributed by atoms with Gasteiger partial charge in [-0.25, -0.2) is 9.59 Å². The first-order valence-corrected chi connectivity index (χ1v) is 8.81. The summed E-state index contributed by atoms with van der Waals surface area (Å²) in [5, 5.41) is 35.3. The third-order valence-electron chi connectivity index (χ3n) is 4.45. The summed E-state index contributed by atoms with van der Waals surface area (Å²) in [6.07, 6.45) is 0. The first-order valence-electron chi connectivity index (χ1n) is 8.81. The average molecular weight is 398 g/mol. The predicted molar refractivity (Wildman–Crippen MR) is 112 cm³/mol. The Morgan fingerprint density at radius 1 is 0.759 bits per heavy atom. The summed E-state index contributed by atoms with van der Waals surface area (Å²) >= 11 is 0. The lowest BCUT2D eigenvalue weighted by Gasteiger charge is -2.27. The minimum atomic E-state index is -0.935. The Bertz CT molecular complexity index is 814. The van der Waals surface area contributed by atoms with Crippen LogP contribution in [0.5, 0.6) is 0 Å². The van der Waals surface area contributed by atoms with E-state index < -0.39 is 17.4 Å². The molecule has 2 aromatic carbocycles. The number of aliphatic carboxylic acids is 2. The highest BCUT2D eigenvalue weighted by molar-refractivity contribution is 5.85. The number of hydrogen-bond acceptors (Lipinski definition) is 4. The molecule has 0 saturated heterocycles. The molecule has 0 amide bonds. The zero-order valence-corrected chi connectivity index (χ0v) is 16.6. The van der Waals surface area contributed by atoms with Gasteiger partial charge in [-0.3, -0.25) is 0 Å². The molecule has 0 spiro atoms. The molecule has 0 atom stereocenters. The second-order valence-electron chi connectivity index (χ2n) is 6.66. The highest BCUT2D eigenvalue weighted by atomic mass is 16.4. The molecule has 6 nitrogen and oxygen atoms in total. The summed E-state index contributed by atoms with van der Waals surface area (Å²) in [6, 6.07) is 15.9. The van der Waals surface area contributed by atoms with E-state index >= 15 is 0 Å². The summed E-state index contributed by atoms with van der Waals surface area (Å²) < 4.78 is 0. The van der Waals surface area contributed by atoms with Gasteiger partial charge in [0.25, 0.3) is 0 Å². The Morgan fingerprint density at radius 3 is 1.28 bits per heavy atom. The average Bonchev–Trinajstić information content (AvgIpc) is 2.99. The maximum atomic E-state index is 9.75. The molecular formula is C23H26O6. The van der Waals surface area contributed by atoms with Gasteiger partial charge in [-0.1, -0.05) is 61.7 Å². The van der Waals surface area contributed by atoms with E-state index in [4.69, 9.17) is 10.2 Å². The van der Waals surface area contributed by atoms with Crippen molar-refractivity contribution in [2.45, 2.75) is 19.3 Å². The number of benzene rings is 2. The molecule has 0 heterocycles. The van der Waals surface area contributed by atoms with Crippen molar-refractivity contribution in [2.75, 3.05) is 13.2 Å². The number of rotatable bonds is 4. The molecule has 0 fully saturated rings. The van der Waals surface area contributed by atoms with E-state index in [9.17, 15) is 19.8 Å². The van der Waals surface area contributed by atoms with Crippen LogP contribution in [-0.2, 0) is 15.0 Å². The van der Waals surface area contributed by atoms with Crippen LogP contribution in [-0.4, -0.2) is 45.6 Å². The number of aliphatic hydroxyl groups is 2. The van der Waals surface area contributed by atoms with Crippen molar-refractivity contribution in [1.82, 2.24) is 0 Å². The Morgan fingerprint density at radius 2 is 1.03 bits per heavy atom. The minimum absolute atomic E-state index is 0.0719. The zero-order chi connectivity index (χ0) is 22.2. The summed E-state index contributed by atoms with van der Waals surface area (Å²) in [5.74, 6) is -1.87. The summed E-state index contributed by atoms with van der Waals surface area (Å²) in [7, 11) is 0. The summed E-state index contributed by atoms with van der Waals surface area (Å²) in [5.41, 5.74) is 3.98. The molecule has 6 heteroatoms. The Balaban J connectivity index is 0.000000293. The number of carbonyl (C=O) groups is 2. The van der Waals surface area contributed by atoms with Gasteiger partial charge >= 0.3 is 11.9 Å². The van der Waals surface area contributed by atoms with E-state index in [2.05, 4.69) is 13.2 Å². The van der Waals surface area contributed by atoms with Gasteiger partial charge in [-0.05, 0) is 36.1 Å². The lowest BCUT2D eigenvalue weighted by atomic mass is 9.80. The Labute approximate surface area is 170 Å². The molecule has 3 rings (SSSR count). The van der Waals surface area contributed by atoms with Crippen LogP contribution in [0.2, 0.25) is 0 Å². The topological polar surface area (TPSA) is 115 Å². The fourth-order valence-electron chi connectivity index (χ4n) is 2.81. The lowest BCUT2D eigenvalue weighted by molar-refractivity contribution is -0.133. The second-order valence-corrected chi connectivity index (χ2v) is 6.66. The molecular weight excluding hydrogens is 372 g/mol. The van der Waals surface area contributed by atoms with Crippen LogP contribution in [0.25, 0.3) is 11.1 Å². The molecule has 4 N–H and O–H groups in total. The zero-order valence-electron chi connectivity index (χ0n) is 16.6. The van der Waals surface area contributed by atoms with Crippen LogP contribution in [0.15, 0.2) is 72.8 Å². The normalized spacial score (nSPS) is 12.1. The number of fused-ring (bicyclic) bond motifs is 3. The third kappa shape index (κ3) is 5.40. The van der Waals surface area contributed by atoms with Gasteiger partial charge in [0.05, 0.1) is 18.6 Å². The number of carboxylic acids is 2. The van der Waals surface area contributed by atoms with Gasteiger partial charge < -0.3 is 20.4 Å². The van der Waals surface area contributed by atoms with Crippen LogP contribution < -0.4 is 0 Å². The molecule has 0 bridgehead atoms. The van der Waals surface area contributed by atoms with Crippen LogP contribution in [0.4, 0.5) is 0 Å². The van der Waals surface area contributed by atoms with Gasteiger partial charge in [0.2, 0.25) is 0 Å². The SMILES string of the molecule is C=C(C)C(=O)O.C=C(C)C(=O)O.OCC1(CO)c2ccccc2-c2ccccc21. The van der Waals surface area contributed by atoms with E-state index in [1.807, 2.05) is 48.5 Å². The van der Waals surface area contributed by atoms with Crippen molar-refractivity contribution >= 4 is 11.9 Å². The highest BCUT2D eigenvalue weighted by Gasteiger charge is 2.41. The van der Waals surface area contributed by atoms with Crippen molar-refractivity contribution in [3.8, 4) is 11.1 Å². The number of hydrogen-bond donors (Lipinski definition) is 4. The molecule has 0 aliphatic heterocycles. The minimum Gasteiger partial charge on any atom is -0.478 e. The van der Waals surface area contributed by atoms with Crippen molar-refractivity contribution in [3.05, 3.63) is 84.0 Å².